The Balaban J connectivity index is 1.39. The van der Waals surface area contributed by atoms with E-state index in [1.54, 1.807) is 51.1 Å². The summed E-state index contributed by atoms with van der Waals surface area (Å²) in [6.07, 6.45) is 6.63. The number of ketones is 1. The summed E-state index contributed by atoms with van der Waals surface area (Å²) in [5, 5.41) is 13.9. The van der Waals surface area contributed by atoms with Crippen molar-refractivity contribution in [2.75, 3.05) is 32.2 Å². The molecule has 0 spiro atoms. The first-order valence-corrected chi connectivity index (χ1v) is 16.3. The average molecular weight is 695 g/mol. The van der Waals surface area contributed by atoms with Gasteiger partial charge in [-0.25, -0.2) is 9.37 Å². The number of aromatic nitrogens is 3. The maximum atomic E-state index is 14.1. The number of piperidine rings is 1. The van der Waals surface area contributed by atoms with Crippen molar-refractivity contribution in [1.82, 2.24) is 19.7 Å². The van der Waals surface area contributed by atoms with E-state index in [9.17, 15) is 19.1 Å². The maximum absolute atomic E-state index is 14.1. The summed E-state index contributed by atoms with van der Waals surface area (Å²) in [7, 11) is 0. The lowest BCUT2D eigenvalue weighted by Crippen LogP contribution is -2.52. The van der Waals surface area contributed by atoms with E-state index in [1.807, 2.05) is 17.8 Å². The SMILES string of the molecule is CCC(C)(OCO)C(=O)COC(C)(CC)C(=O)N1CCC(n2cc(-c3cnc(N)c(O[C@H](C)c4c(Cl)ccc(F)c4Cl)c3)cn2)CC1. The summed E-state index contributed by atoms with van der Waals surface area (Å²) in [6, 6.07) is 4.40. The Bertz CT molecular complexity index is 1580. The number of carbonyl (C=O) groups excluding carboxylic acids is 2. The number of rotatable bonds is 14. The predicted octanol–water partition coefficient (Wildman–Crippen LogP) is 6.17. The number of halogens is 3. The number of nitrogens with two attached hydrogens (primary N) is 1. The van der Waals surface area contributed by atoms with Crippen LogP contribution in [0.15, 0.2) is 36.8 Å². The minimum atomic E-state index is -1.19. The summed E-state index contributed by atoms with van der Waals surface area (Å²) in [5.74, 6) is -0.675. The van der Waals surface area contributed by atoms with Gasteiger partial charge in [0.2, 0.25) is 0 Å². The first-order chi connectivity index (χ1) is 22.3. The van der Waals surface area contributed by atoms with Crippen LogP contribution in [0.3, 0.4) is 0 Å². The van der Waals surface area contributed by atoms with Crippen molar-refractivity contribution in [3.8, 4) is 16.9 Å². The number of nitrogens with zero attached hydrogens (tertiary/aromatic N) is 4. The molecule has 3 atom stereocenters. The van der Waals surface area contributed by atoms with Gasteiger partial charge in [0, 0.05) is 47.2 Å². The summed E-state index contributed by atoms with van der Waals surface area (Å²) in [6.45, 7) is 8.74. The highest BCUT2D eigenvalue weighted by Gasteiger charge is 2.40. The Morgan fingerprint density at radius 3 is 2.43 bits per heavy atom. The van der Waals surface area contributed by atoms with Crippen LogP contribution in [0.1, 0.15) is 78.0 Å². The average Bonchev–Trinajstić information content (AvgIpc) is 3.56. The maximum Gasteiger partial charge on any atom is 0.254 e. The zero-order chi connectivity index (χ0) is 34.5. The lowest BCUT2D eigenvalue weighted by atomic mass is 9.96. The van der Waals surface area contributed by atoms with Gasteiger partial charge < -0.3 is 30.0 Å². The number of benzene rings is 1. The molecule has 0 aliphatic carbocycles. The molecule has 3 aromatic rings. The zero-order valence-corrected chi connectivity index (χ0v) is 28.8. The van der Waals surface area contributed by atoms with Crippen molar-refractivity contribution in [2.24, 2.45) is 0 Å². The van der Waals surface area contributed by atoms with Crippen LogP contribution in [-0.4, -0.2) is 74.2 Å². The predicted molar refractivity (Wildman–Crippen MR) is 177 cm³/mol. The van der Waals surface area contributed by atoms with Crippen molar-refractivity contribution in [2.45, 2.75) is 83.6 Å². The number of aliphatic hydroxyl groups is 1. The van der Waals surface area contributed by atoms with E-state index in [1.165, 1.54) is 12.1 Å². The van der Waals surface area contributed by atoms with Gasteiger partial charge in [0.25, 0.3) is 5.91 Å². The number of amides is 1. The number of aliphatic hydroxyl groups excluding tert-OH is 1. The van der Waals surface area contributed by atoms with Gasteiger partial charge in [-0.1, -0.05) is 37.0 Å². The number of likely N-dealkylation sites (tertiary alicyclic amines) is 1. The zero-order valence-electron chi connectivity index (χ0n) is 27.3. The Labute approximate surface area is 284 Å². The molecule has 0 saturated carbocycles. The second kappa shape index (κ2) is 15.3. The molecule has 11 nitrogen and oxygen atoms in total. The molecule has 1 fully saturated rings. The summed E-state index contributed by atoms with van der Waals surface area (Å²) >= 11 is 12.4. The summed E-state index contributed by atoms with van der Waals surface area (Å²) in [4.78, 5) is 32.4. The first-order valence-electron chi connectivity index (χ1n) is 15.6. The molecule has 3 N–H and O–H groups in total. The summed E-state index contributed by atoms with van der Waals surface area (Å²) in [5.41, 5.74) is 5.54. The van der Waals surface area contributed by atoms with Crippen LogP contribution >= 0.6 is 23.2 Å². The number of Topliss-reactive ketones (excluding diaryl/α,β-unsaturated/α-hetero) is 1. The number of carbonyl (C=O) groups is 2. The fourth-order valence-corrected chi connectivity index (χ4v) is 6.12. The number of ether oxygens (including phenoxy) is 3. The van der Waals surface area contributed by atoms with E-state index in [0.717, 1.165) is 5.56 Å². The fraction of sp³-hybridized carbons (Fsp3) is 0.515. The fourth-order valence-electron chi connectivity index (χ4n) is 5.44. The molecule has 2 unspecified atom stereocenters. The Hall–Kier alpha value is -3.29. The monoisotopic (exact) mass is 693 g/mol. The molecular weight excluding hydrogens is 652 g/mol. The van der Waals surface area contributed by atoms with Crippen LogP contribution in [0.2, 0.25) is 10.0 Å². The van der Waals surface area contributed by atoms with Crippen LogP contribution in [0.25, 0.3) is 11.1 Å². The normalized spacial score (nSPS) is 17.2. The third-order valence-corrected chi connectivity index (χ3v) is 9.74. The highest BCUT2D eigenvalue weighted by atomic mass is 35.5. The lowest BCUT2D eigenvalue weighted by molar-refractivity contribution is -0.172. The van der Waals surface area contributed by atoms with Gasteiger partial charge >= 0.3 is 0 Å². The molecular formula is C33H42Cl2FN5O6. The molecule has 4 rings (SSSR count). The largest absolute Gasteiger partial charge is 0.482 e. The molecule has 2 aromatic heterocycles. The third kappa shape index (κ3) is 8.06. The quantitative estimate of drug-likeness (QED) is 0.150. The molecule has 14 heteroatoms. The van der Waals surface area contributed by atoms with Gasteiger partial charge in [-0.3, -0.25) is 14.3 Å². The molecule has 1 saturated heterocycles. The van der Waals surface area contributed by atoms with Crippen molar-refractivity contribution in [3.05, 3.63) is 58.2 Å². The molecule has 1 aromatic carbocycles. The van der Waals surface area contributed by atoms with Gasteiger partial charge in [-0.05, 0) is 64.7 Å². The Morgan fingerprint density at radius 1 is 1.11 bits per heavy atom. The Morgan fingerprint density at radius 2 is 1.79 bits per heavy atom. The van der Waals surface area contributed by atoms with E-state index in [-0.39, 0.29) is 46.0 Å². The van der Waals surface area contributed by atoms with Crippen LogP contribution in [0.5, 0.6) is 5.75 Å². The summed E-state index contributed by atoms with van der Waals surface area (Å²) < 4.78 is 33.2. The van der Waals surface area contributed by atoms with Crippen LogP contribution in [-0.2, 0) is 19.1 Å². The third-order valence-electron chi connectivity index (χ3n) is 9.03. The minimum absolute atomic E-state index is 0.0545. The van der Waals surface area contributed by atoms with Gasteiger partial charge in [0.05, 0.1) is 17.3 Å². The van der Waals surface area contributed by atoms with E-state index in [0.29, 0.717) is 49.9 Å². The topological polar surface area (TPSA) is 142 Å². The molecule has 0 bridgehead atoms. The molecule has 1 aliphatic heterocycles. The molecule has 1 amide bonds. The second-order valence-corrected chi connectivity index (χ2v) is 12.8. The van der Waals surface area contributed by atoms with E-state index in [2.05, 4.69) is 10.1 Å². The van der Waals surface area contributed by atoms with Crippen molar-refractivity contribution >= 4 is 40.7 Å². The van der Waals surface area contributed by atoms with Crippen molar-refractivity contribution in [1.29, 1.82) is 0 Å². The number of anilines is 1. The molecule has 0 radical (unpaired) electrons. The van der Waals surface area contributed by atoms with Crippen LogP contribution in [0.4, 0.5) is 10.2 Å². The molecule has 256 valence electrons. The van der Waals surface area contributed by atoms with E-state index < -0.39 is 29.9 Å². The number of pyridine rings is 1. The minimum Gasteiger partial charge on any atom is -0.482 e. The number of nitrogen functional groups attached to an aromatic ring is 1. The van der Waals surface area contributed by atoms with Gasteiger partial charge in [-0.15, -0.1) is 0 Å². The van der Waals surface area contributed by atoms with Gasteiger partial charge in [-0.2, -0.15) is 5.10 Å². The standard InChI is InChI=1S/C33H42Cl2FN5O6/c1-6-32(4,46-19-42)27(43)18-45-33(5,7-2)31(44)40-12-10-23(11-13-40)41-17-22(16-39-41)21-14-26(30(37)38-15-21)47-20(3)28-24(34)8-9-25(36)29(28)35/h8-9,14-17,20,23,42H,6-7,10-13,18-19H2,1-5H3,(H2,37,38)/t20-,32?,33?/m1/s1. The van der Waals surface area contributed by atoms with Gasteiger partial charge in [0.1, 0.15) is 36.5 Å². The highest BCUT2D eigenvalue weighted by molar-refractivity contribution is 6.36. The Kier molecular flexibility index (Phi) is 11.9. The van der Waals surface area contributed by atoms with E-state index >= 15 is 0 Å². The van der Waals surface area contributed by atoms with Crippen molar-refractivity contribution in [3.63, 3.8) is 0 Å². The molecule has 3 heterocycles. The number of hydrogen-bond acceptors (Lipinski definition) is 9. The second-order valence-electron chi connectivity index (χ2n) is 12.0. The number of hydrogen-bond donors (Lipinski definition) is 2. The highest BCUT2D eigenvalue weighted by Crippen LogP contribution is 2.37. The van der Waals surface area contributed by atoms with Crippen LogP contribution < -0.4 is 10.5 Å². The van der Waals surface area contributed by atoms with Crippen LogP contribution in [0, 0.1) is 5.82 Å². The lowest BCUT2D eigenvalue weighted by Gasteiger charge is -2.38. The van der Waals surface area contributed by atoms with Crippen molar-refractivity contribution < 1.29 is 33.3 Å². The smallest absolute Gasteiger partial charge is 0.254 e. The van der Waals surface area contributed by atoms with Gasteiger partial charge in [0.15, 0.2) is 17.4 Å². The molecule has 47 heavy (non-hydrogen) atoms. The molecule has 1 aliphatic rings. The van der Waals surface area contributed by atoms with E-state index in [4.69, 9.17) is 43.1 Å². The first kappa shape index (κ1) is 36.5.